The molecular formula is C20H21N3O2. The summed E-state index contributed by atoms with van der Waals surface area (Å²) in [5.74, 6) is 1.98. The number of hydrogen-bond donors (Lipinski definition) is 1. The Labute approximate surface area is 146 Å². The van der Waals surface area contributed by atoms with Crippen LogP contribution in [0.2, 0.25) is 0 Å². The Bertz CT molecular complexity index is 912. The normalized spacial score (nSPS) is 15.4. The number of ether oxygens (including phenoxy) is 1. The standard InChI is InChI=1S/C20H21N3O2/c24-20-17-10-11-21-12-18(17)22-19(23-20)13-25-16-8-6-15(7-9-16)14-4-2-1-3-5-14/h6-12,14H,1-5,13H2,(H,22,23,24). The van der Waals surface area contributed by atoms with Crippen molar-refractivity contribution in [2.45, 2.75) is 44.6 Å². The lowest BCUT2D eigenvalue weighted by Crippen LogP contribution is -2.13. The number of H-pyrrole nitrogens is 1. The third-order valence-corrected chi connectivity index (χ3v) is 4.89. The number of fused-ring (bicyclic) bond motifs is 1. The summed E-state index contributed by atoms with van der Waals surface area (Å²) in [6.45, 7) is 0.225. The first kappa shape index (κ1) is 15.8. The molecule has 0 saturated heterocycles. The van der Waals surface area contributed by atoms with Crippen LogP contribution in [0.3, 0.4) is 0 Å². The van der Waals surface area contributed by atoms with Gasteiger partial charge in [0.2, 0.25) is 0 Å². The van der Waals surface area contributed by atoms with Crippen molar-refractivity contribution in [3.63, 3.8) is 0 Å². The van der Waals surface area contributed by atoms with Crippen molar-refractivity contribution >= 4 is 10.9 Å². The molecule has 0 spiro atoms. The second kappa shape index (κ2) is 7.05. The number of nitrogens with zero attached hydrogens (tertiary/aromatic N) is 2. The zero-order valence-electron chi connectivity index (χ0n) is 14.1. The van der Waals surface area contributed by atoms with Gasteiger partial charge in [-0.25, -0.2) is 4.98 Å². The van der Waals surface area contributed by atoms with Gasteiger partial charge < -0.3 is 9.72 Å². The maximum Gasteiger partial charge on any atom is 0.258 e. The molecule has 5 nitrogen and oxygen atoms in total. The fourth-order valence-electron chi connectivity index (χ4n) is 3.53. The number of rotatable bonds is 4. The van der Waals surface area contributed by atoms with Crippen LogP contribution in [-0.4, -0.2) is 15.0 Å². The number of benzene rings is 1. The fraction of sp³-hybridized carbons (Fsp3) is 0.350. The first-order valence-corrected chi connectivity index (χ1v) is 8.85. The summed E-state index contributed by atoms with van der Waals surface area (Å²) in [5, 5.41) is 0.538. The van der Waals surface area contributed by atoms with Gasteiger partial charge >= 0.3 is 0 Å². The van der Waals surface area contributed by atoms with Gasteiger partial charge in [-0.2, -0.15) is 0 Å². The third-order valence-electron chi connectivity index (χ3n) is 4.89. The molecule has 0 bridgehead atoms. The Morgan fingerprint density at radius 3 is 2.68 bits per heavy atom. The van der Waals surface area contributed by atoms with E-state index >= 15 is 0 Å². The molecule has 2 aromatic heterocycles. The van der Waals surface area contributed by atoms with Crippen molar-refractivity contribution in [3.8, 4) is 5.75 Å². The molecule has 1 N–H and O–H groups in total. The Balaban J connectivity index is 1.45. The van der Waals surface area contributed by atoms with Crippen molar-refractivity contribution in [1.82, 2.24) is 15.0 Å². The predicted molar refractivity (Wildman–Crippen MR) is 96.8 cm³/mol. The van der Waals surface area contributed by atoms with Crippen molar-refractivity contribution in [1.29, 1.82) is 0 Å². The molecule has 1 fully saturated rings. The largest absolute Gasteiger partial charge is 0.486 e. The smallest absolute Gasteiger partial charge is 0.258 e. The lowest BCUT2D eigenvalue weighted by atomic mass is 9.84. The third kappa shape index (κ3) is 3.55. The topological polar surface area (TPSA) is 67.9 Å². The van der Waals surface area contributed by atoms with E-state index in [0.717, 1.165) is 5.75 Å². The zero-order chi connectivity index (χ0) is 17.1. The van der Waals surface area contributed by atoms with E-state index in [1.54, 1.807) is 18.5 Å². The molecule has 1 aliphatic carbocycles. The van der Waals surface area contributed by atoms with E-state index in [-0.39, 0.29) is 12.2 Å². The predicted octanol–water partition coefficient (Wildman–Crippen LogP) is 3.94. The minimum Gasteiger partial charge on any atom is -0.486 e. The lowest BCUT2D eigenvalue weighted by molar-refractivity contribution is 0.296. The molecule has 0 unspecified atom stereocenters. The van der Waals surface area contributed by atoms with E-state index in [9.17, 15) is 4.79 Å². The molecular weight excluding hydrogens is 314 g/mol. The minimum atomic E-state index is -0.168. The molecule has 25 heavy (non-hydrogen) atoms. The average molecular weight is 335 g/mol. The minimum absolute atomic E-state index is 0.168. The van der Waals surface area contributed by atoms with Gasteiger partial charge in [-0.15, -0.1) is 0 Å². The maximum absolute atomic E-state index is 12.1. The molecule has 0 radical (unpaired) electrons. The second-order valence-electron chi connectivity index (χ2n) is 6.60. The lowest BCUT2D eigenvalue weighted by Gasteiger charge is -2.22. The van der Waals surface area contributed by atoms with Gasteiger partial charge in [0.15, 0.2) is 0 Å². The highest BCUT2D eigenvalue weighted by Crippen LogP contribution is 2.33. The van der Waals surface area contributed by atoms with Gasteiger partial charge in [-0.3, -0.25) is 9.78 Å². The van der Waals surface area contributed by atoms with Crippen molar-refractivity contribution in [3.05, 3.63) is 64.5 Å². The van der Waals surface area contributed by atoms with Crippen LogP contribution >= 0.6 is 0 Å². The molecule has 2 heterocycles. The molecule has 3 aromatic rings. The number of pyridine rings is 1. The summed E-state index contributed by atoms with van der Waals surface area (Å²) in [4.78, 5) is 23.2. The van der Waals surface area contributed by atoms with E-state index in [2.05, 4.69) is 27.1 Å². The fourth-order valence-corrected chi connectivity index (χ4v) is 3.53. The molecule has 1 aromatic carbocycles. The summed E-state index contributed by atoms with van der Waals surface area (Å²) in [6, 6.07) is 9.99. The molecule has 0 amide bonds. The van der Waals surface area contributed by atoms with Gasteiger partial charge in [-0.1, -0.05) is 31.4 Å². The van der Waals surface area contributed by atoms with Crippen LogP contribution in [-0.2, 0) is 6.61 Å². The summed E-state index contributed by atoms with van der Waals surface area (Å²) in [5.41, 5.74) is 1.81. The maximum atomic E-state index is 12.1. The Morgan fingerprint density at radius 1 is 1.08 bits per heavy atom. The van der Waals surface area contributed by atoms with Crippen LogP contribution in [0.15, 0.2) is 47.5 Å². The molecule has 0 aliphatic heterocycles. The summed E-state index contributed by atoms with van der Waals surface area (Å²) in [6.07, 6.45) is 9.78. The van der Waals surface area contributed by atoms with Gasteiger partial charge in [0, 0.05) is 6.20 Å². The van der Waals surface area contributed by atoms with Crippen molar-refractivity contribution in [2.24, 2.45) is 0 Å². The van der Waals surface area contributed by atoms with Crippen LogP contribution in [0.1, 0.15) is 49.4 Å². The molecule has 5 heteroatoms. The van der Waals surface area contributed by atoms with E-state index < -0.39 is 0 Å². The first-order chi connectivity index (χ1) is 12.3. The van der Waals surface area contributed by atoms with Crippen molar-refractivity contribution < 1.29 is 4.74 Å². The summed E-state index contributed by atoms with van der Waals surface area (Å²) >= 11 is 0. The number of aromatic amines is 1. The van der Waals surface area contributed by atoms with Crippen LogP contribution in [0.4, 0.5) is 0 Å². The van der Waals surface area contributed by atoms with Crippen molar-refractivity contribution in [2.75, 3.05) is 0 Å². The highest BCUT2D eigenvalue weighted by molar-refractivity contribution is 5.75. The van der Waals surface area contributed by atoms with E-state index in [1.807, 2.05) is 12.1 Å². The van der Waals surface area contributed by atoms with Crippen LogP contribution in [0, 0.1) is 0 Å². The quantitative estimate of drug-likeness (QED) is 0.784. The van der Waals surface area contributed by atoms with Gasteiger partial charge in [0.1, 0.15) is 18.2 Å². The van der Waals surface area contributed by atoms with Crippen LogP contribution in [0.25, 0.3) is 10.9 Å². The number of aromatic nitrogens is 3. The highest BCUT2D eigenvalue weighted by Gasteiger charge is 2.15. The van der Waals surface area contributed by atoms with Gasteiger partial charge in [0.05, 0.1) is 17.1 Å². The van der Waals surface area contributed by atoms with Gasteiger partial charge in [0.25, 0.3) is 5.56 Å². The van der Waals surface area contributed by atoms with E-state index in [1.165, 1.54) is 37.7 Å². The Morgan fingerprint density at radius 2 is 1.88 bits per heavy atom. The SMILES string of the molecule is O=c1[nH]c(COc2ccc(C3CCCCC3)cc2)nc2cnccc12. The Hall–Kier alpha value is -2.69. The highest BCUT2D eigenvalue weighted by atomic mass is 16.5. The summed E-state index contributed by atoms with van der Waals surface area (Å²) < 4.78 is 5.79. The van der Waals surface area contributed by atoms with Crippen LogP contribution < -0.4 is 10.3 Å². The van der Waals surface area contributed by atoms with Gasteiger partial charge in [-0.05, 0) is 42.5 Å². The first-order valence-electron chi connectivity index (χ1n) is 8.85. The summed E-state index contributed by atoms with van der Waals surface area (Å²) in [7, 11) is 0. The molecule has 0 atom stereocenters. The molecule has 1 saturated carbocycles. The van der Waals surface area contributed by atoms with Crippen LogP contribution in [0.5, 0.6) is 5.75 Å². The van der Waals surface area contributed by atoms with E-state index in [0.29, 0.717) is 22.6 Å². The Kier molecular flexibility index (Phi) is 4.46. The molecule has 1 aliphatic rings. The number of nitrogens with one attached hydrogen (secondary N) is 1. The zero-order valence-corrected chi connectivity index (χ0v) is 14.1. The monoisotopic (exact) mass is 335 g/mol. The number of hydrogen-bond acceptors (Lipinski definition) is 4. The molecule has 4 rings (SSSR count). The molecule has 128 valence electrons. The average Bonchev–Trinajstić information content (AvgIpc) is 2.68. The van der Waals surface area contributed by atoms with E-state index in [4.69, 9.17) is 4.74 Å². The second-order valence-corrected chi connectivity index (χ2v) is 6.60.